The molecule has 0 aromatic heterocycles. The lowest BCUT2D eigenvalue weighted by atomic mass is 10.1. The molecule has 0 spiro atoms. The average Bonchev–Trinajstić information content (AvgIpc) is 2.59. The zero-order valence-electron chi connectivity index (χ0n) is 12.9. The first-order valence-electron chi connectivity index (χ1n) is 7.35. The smallest absolute Gasteiger partial charge is 0.338 e. The number of esters is 2. The van der Waals surface area contributed by atoms with Gasteiger partial charge in [0, 0.05) is 6.08 Å². The van der Waals surface area contributed by atoms with Crippen LogP contribution in [0, 0.1) is 0 Å². The van der Waals surface area contributed by atoms with Crippen molar-refractivity contribution in [2.75, 3.05) is 6.61 Å². The highest BCUT2D eigenvalue weighted by molar-refractivity contribution is 5.91. The molecule has 0 atom stereocenters. The van der Waals surface area contributed by atoms with Gasteiger partial charge in [-0.15, -0.1) is 0 Å². The Kier molecular flexibility index (Phi) is 6.12. The highest BCUT2D eigenvalue weighted by atomic mass is 16.5. The summed E-state index contributed by atoms with van der Waals surface area (Å²) in [6, 6.07) is 16.4. The van der Waals surface area contributed by atoms with Gasteiger partial charge in [-0.25, -0.2) is 9.59 Å². The molecule has 0 radical (unpaired) electrons. The molecule has 0 bridgehead atoms. The predicted octanol–water partition coefficient (Wildman–Crippen LogP) is 3.62. The fourth-order valence-corrected chi connectivity index (χ4v) is 1.93. The van der Waals surface area contributed by atoms with Gasteiger partial charge in [-0.05, 0) is 36.3 Å². The van der Waals surface area contributed by atoms with Crippen LogP contribution >= 0.6 is 0 Å². The van der Waals surface area contributed by atoms with E-state index in [-0.39, 0.29) is 6.61 Å². The van der Waals surface area contributed by atoms with Gasteiger partial charge in [0.15, 0.2) is 0 Å². The summed E-state index contributed by atoms with van der Waals surface area (Å²) in [7, 11) is 0. The van der Waals surface area contributed by atoms with Crippen molar-refractivity contribution in [3.8, 4) is 0 Å². The molecule has 118 valence electrons. The van der Waals surface area contributed by atoms with Crippen LogP contribution in [0.5, 0.6) is 0 Å². The van der Waals surface area contributed by atoms with Crippen LogP contribution in [0.1, 0.15) is 28.4 Å². The van der Waals surface area contributed by atoms with Gasteiger partial charge in [0.1, 0.15) is 6.61 Å². The number of ether oxygens (including phenoxy) is 2. The minimum atomic E-state index is -0.412. The van der Waals surface area contributed by atoms with Crippen LogP contribution in [0.4, 0.5) is 0 Å². The van der Waals surface area contributed by atoms with Crippen molar-refractivity contribution < 1.29 is 19.1 Å². The van der Waals surface area contributed by atoms with Crippen LogP contribution in [-0.4, -0.2) is 18.5 Å². The summed E-state index contributed by atoms with van der Waals surface area (Å²) in [5.41, 5.74) is 2.10. The fraction of sp³-hybridized carbons (Fsp3) is 0.158. The van der Waals surface area contributed by atoms with E-state index in [9.17, 15) is 9.59 Å². The van der Waals surface area contributed by atoms with Crippen LogP contribution in [-0.2, 0) is 20.9 Å². The summed E-state index contributed by atoms with van der Waals surface area (Å²) in [5.74, 6) is -0.815. The van der Waals surface area contributed by atoms with E-state index in [1.54, 1.807) is 37.3 Å². The maximum atomic E-state index is 12.1. The quantitative estimate of drug-likeness (QED) is 0.604. The van der Waals surface area contributed by atoms with Crippen molar-refractivity contribution in [3.63, 3.8) is 0 Å². The first-order valence-corrected chi connectivity index (χ1v) is 7.35. The zero-order valence-corrected chi connectivity index (χ0v) is 12.9. The van der Waals surface area contributed by atoms with Crippen molar-refractivity contribution in [3.05, 3.63) is 77.4 Å². The number of benzene rings is 2. The Labute approximate surface area is 135 Å². The predicted molar refractivity (Wildman–Crippen MR) is 87.7 cm³/mol. The molecular weight excluding hydrogens is 292 g/mol. The normalized spacial score (nSPS) is 10.5. The van der Waals surface area contributed by atoms with Gasteiger partial charge >= 0.3 is 11.9 Å². The highest BCUT2D eigenvalue weighted by Gasteiger charge is 2.07. The van der Waals surface area contributed by atoms with E-state index < -0.39 is 11.9 Å². The van der Waals surface area contributed by atoms with Gasteiger partial charge in [-0.2, -0.15) is 0 Å². The van der Waals surface area contributed by atoms with E-state index in [2.05, 4.69) is 0 Å². The standard InChI is InChI=1S/C19H18O4/c1-2-22-18(20)12-11-15-9-6-10-17(13-15)19(21)23-14-16-7-4-3-5-8-16/h3-13H,2,14H2,1H3/b12-11+. The third-order valence-corrected chi connectivity index (χ3v) is 3.03. The first kappa shape index (κ1) is 16.5. The fourth-order valence-electron chi connectivity index (χ4n) is 1.93. The summed E-state index contributed by atoms with van der Waals surface area (Å²) < 4.78 is 10.1. The monoisotopic (exact) mass is 310 g/mol. The number of hydrogen-bond acceptors (Lipinski definition) is 4. The van der Waals surface area contributed by atoms with Gasteiger partial charge in [0.25, 0.3) is 0 Å². The number of hydrogen-bond donors (Lipinski definition) is 0. The Balaban J connectivity index is 1.98. The van der Waals surface area contributed by atoms with E-state index in [1.165, 1.54) is 6.08 Å². The second-order valence-corrected chi connectivity index (χ2v) is 4.77. The molecule has 0 heterocycles. The third kappa shape index (κ3) is 5.43. The van der Waals surface area contributed by atoms with Crippen molar-refractivity contribution in [2.24, 2.45) is 0 Å². The van der Waals surface area contributed by atoms with E-state index in [4.69, 9.17) is 9.47 Å². The van der Waals surface area contributed by atoms with E-state index in [0.29, 0.717) is 12.2 Å². The lowest BCUT2D eigenvalue weighted by Crippen LogP contribution is -2.05. The second kappa shape index (κ2) is 8.54. The molecule has 0 saturated heterocycles. The van der Waals surface area contributed by atoms with Gasteiger partial charge in [0.2, 0.25) is 0 Å². The van der Waals surface area contributed by atoms with E-state index in [0.717, 1.165) is 11.1 Å². The summed E-state index contributed by atoms with van der Waals surface area (Å²) in [4.78, 5) is 23.4. The Hall–Kier alpha value is -2.88. The van der Waals surface area contributed by atoms with Crippen LogP contribution in [0.15, 0.2) is 60.7 Å². The average molecular weight is 310 g/mol. The van der Waals surface area contributed by atoms with Crippen molar-refractivity contribution >= 4 is 18.0 Å². The van der Waals surface area contributed by atoms with Crippen molar-refractivity contribution in [2.45, 2.75) is 13.5 Å². The lowest BCUT2D eigenvalue weighted by Gasteiger charge is -2.05. The SMILES string of the molecule is CCOC(=O)/C=C/c1cccc(C(=O)OCc2ccccc2)c1. The molecule has 2 aromatic carbocycles. The maximum Gasteiger partial charge on any atom is 0.338 e. The Morgan fingerprint density at radius 1 is 1.00 bits per heavy atom. The molecule has 2 rings (SSSR count). The number of carbonyl (C=O) groups is 2. The highest BCUT2D eigenvalue weighted by Crippen LogP contribution is 2.10. The summed E-state index contributed by atoms with van der Waals surface area (Å²) in [5, 5.41) is 0. The topological polar surface area (TPSA) is 52.6 Å². The van der Waals surface area contributed by atoms with Crippen LogP contribution in [0.25, 0.3) is 6.08 Å². The molecule has 0 aliphatic heterocycles. The first-order chi connectivity index (χ1) is 11.2. The molecule has 0 saturated carbocycles. The molecule has 0 amide bonds. The van der Waals surface area contributed by atoms with Gasteiger partial charge in [0.05, 0.1) is 12.2 Å². The largest absolute Gasteiger partial charge is 0.463 e. The molecule has 0 unspecified atom stereocenters. The zero-order chi connectivity index (χ0) is 16.5. The van der Waals surface area contributed by atoms with Crippen molar-refractivity contribution in [1.29, 1.82) is 0 Å². The second-order valence-electron chi connectivity index (χ2n) is 4.77. The number of carbonyl (C=O) groups excluding carboxylic acids is 2. The van der Waals surface area contributed by atoms with Crippen LogP contribution < -0.4 is 0 Å². The van der Waals surface area contributed by atoms with Gasteiger partial charge < -0.3 is 9.47 Å². The van der Waals surface area contributed by atoms with E-state index >= 15 is 0 Å². The minimum absolute atomic E-state index is 0.225. The molecule has 0 N–H and O–H groups in total. The van der Waals surface area contributed by atoms with Gasteiger partial charge in [-0.1, -0.05) is 42.5 Å². The Morgan fingerprint density at radius 2 is 1.78 bits per heavy atom. The van der Waals surface area contributed by atoms with Crippen LogP contribution in [0.3, 0.4) is 0 Å². The lowest BCUT2D eigenvalue weighted by molar-refractivity contribution is -0.137. The van der Waals surface area contributed by atoms with Crippen LogP contribution in [0.2, 0.25) is 0 Å². The molecule has 2 aromatic rings. The molecule has 0 aliphatic rings. The van der Waals surface area contributed by atoms with E-state index in [1.807, 2.05) is 30.3 Å². The summed E-state index contributed by atoms with van der Waals surface area (Å²) in [6.45, 7) is 2.30. The number of rotatable bonds is 6. The maximum absolute atomic E-state index is 12.1. The molecule has 4 heteroatoms. The Morgan fingerprint density at radius 3 is 2.52 bits per heavy atom. The Bertz CT molecular complexity index is 690. The third-order valence-electron chi connectivity index (χ3n) is 3.03. The minimum Gasteiger partial charge on any atom is -0.463 e. The molecule has 23 heavy (non-hydrogen) atoms. The van der Waals surface area contributed by atoms with Crippen molar-refractivity contribution in [1.82, 2.24) is 0 Å². The summed E-state index contributed by atoms with van der Waals surface area (Å²) >= 11 is 0. The summed E-state index contributed by atoms with van der Waals surface area (Å²) in [6.07, 6.45) is 2.93. The molecule has 0 fully saturated rings. The molecular formula is C19H18O4. The van der Waals surface area contributed by atoms with Gasteiger partial charge in [-0.3, -0.25) is 0 Å². The molecule has 4 nitrogen and oxygen atoms in total. The molecule has 0 aliphatic carbocycles.